The molecule has 14 rings (SSSR count). The molecule has 10 aromatic carbocycles. The van der Waals surface area contributed by atoms with E-state index in [1.807, 2.05) is 48.5 Å². The van der Waals surface area contributed by atoms with Crippen molar-refractivity contribution in [3.05, 3.63) is 237 Å². The summed E-state index contributed by atoms with van der Waals surface area (Å²) in [4.78, 5) is 16.0. The van der Waals surface area contributed by atoms with Crippen LogP contribution in [-0.2, 0) is 0 Å². The second-order valence-corrected chi connectivity index (χ2v) is 17.5. The number of para-hydroxylation sites is 4. The molecule has 0 unspecified atom stereocenters. The van der Waals surface area contributed by atoms with E-state index in [0.29, 0.717) is 17.5 Å². The summed E-state index contributed by atoms with van der Waals surface area (Å²) in [6.45, 7) is 0. The van der Waals surface area contributed by atoms with Crippen LogP contribution in [0.3, 0.4) is 0 Å². The van der Waals surface area contributed by atoms with Crippen molar-refractivity contribution < 1.29 is 4.42 Å². The van der Waals surface area contributed by atoms with Gasteiger partial charge in [0.05, 0.1) is 27.8 Å². The van der Waals surface area contributed by atoms with Gasteiger partial charge < -0.3 is 13.6 Å². The minimum Gasteiger partial charge on any atom is -0.456 e. The van der Waals surface area contributed by atoms with Crippen molar-refractivity contribution in [3.63, 3.8) is 0 Å². The Morgan fingerprint density at radius 3 is 1.48 bits per heavy atom. The van der Waals surface area contributed by atoms with E-state index < -0.39 is 0 Å². The molecule has 0 aliphatic heterocycles. The molecule has 6 nitrogen and oxygen atoms in total. The van der Waals surface area contributed by atoms with Crippen LogP contribution in [-0.4, -0.2) is 24.1 Å². The minimum atomic E-state index is 0.568. The highest BCUT2D eigenvalue weighted by atomic mass is 16.3. The van der Waals surface area contributed by atoms with Crippen LogP contribution < -0.4 is 0 Å². The van der Waals surface area contributed by atoms with Crippen LogP contribution in [0.1, 0.15) is 0 Å². The Morgan fingerprint density at radius 2 is 0.783 bits per heavy atom. The van der Waals surface area contributed by atoms with Gasteiger partial charge in [-0.15, -0.1) is 0 Å². The van der Waals surface area contributed by atoms with Crippen LogP contribution in [0.25, 0.3) is 133 Å². The van der Waals surface area contributed by atoms with E-state index in [2.05, 4.69) is 197 Å². The second kappa shape index (κ2) is 15.6. The molecule has 0 saturated heterocycles. The lowest BCUT2D eigenvalue weighted by atomic mass is 9.95. The van der Waals surface area contributed by atoms with E-state index in [9.17, 15) is 0 Å². The Hall–Kier alpha value is -9.39. The number of rotatable bonds is 7. The normalized spacial score (nSPS) is 11.8. The van der Waals surface area contributed by atoms with Crippen LogP contribution >= 0.6 is 0 Å². The maximum absolute atomic E-state index is 6.38. The first-order valence-electron chi connectivity index (χ1n) is 23.3. The van der Waals surface area contributed by atoms with Crippen molar-refractivity contribution in [2.24, 2.45) is 0 Å². The van der Waals surface area contributed by atoms with Crippen molar-refractivity contribution >= 4 is 65.6 Å². The average Bonchev–Trinajstić information content (AvgIpc) is 4.09. The van der Waals surface area contributed by atoms with Crippen molar-refractivity contribution in [1.82, 2.24) is 24.1 Å². The molecule has 0 N–H and O–H groups in total. The Labute approximate surface area is 396 Å². The summed E-state index contributed by atoms with van der Waals surface area (Å²) in [6, 6.07) is 83.4. The van der Waals surface area contributed by atoms with Crippen LogP contribution in [0.4, 0.5) is 0 Å². The fraction of sp³-hybridized carbons (Fsp3) is 0. The van der Waals surface area contributed by atoms with Gasteiger partial charge in [0.15, 0.2) is 17.5 Å². The average molecular weight is 882 g/mol. The molecule has 0 aliphatic rings. The molecular weight excluding hydrogens is 843 g/mol. The van der Waals surface area contributed by atoms with E-state index >= 15 is 0 Å². The fourth-order valence-electron chi connectivity index (χ4n) is 10.6. The summed E-state index contributed by atoms with van der Waals surface area (Å²) in [5.74, 6) is 1.73. The molecule has 4 aromatic heterocycles. The Bertz CT molecular complexity index is 4300. The third kappa shape index (κ3) is 6.16. The Balaban J connectivity index is 1.06. The Kier molecular flexibility index (Phi) is 8.79. The van der Waals surface area contributed by atoms with Crippen molar-refractivity contribution in [3.8, 4) is 67.8 Å². The topological polar surface area (TPSA) is 61.7 Å². The fourth-order valence-corrected chi connectivity index (χ4v) is 10.6. The first-order chi connectivity index (χ1) is 34.2. The van der Waals surface area contributed by atoms with Gasteiger partial charge in [-0.2, -0.15) is 0 Å². The summed E-state index contributed by atoms with van der Waals surface area (Å²) in [5.41, 5.74) is 15.4. The smallest absolute Gasteiger partial charge is 0.166 e. The lowest BCUT2D eigenvalue weighted by molar-refractivity contribution is 0.669. The molecule has 0 amide bonds. The van der Waals surface area contributed by atoms with Gasteiger partial charge in [-0.25, -0.2) is 15.0 Å². The maximum Gasteiger partial charge on any atom is 0.166 e. The van der Waals surface area contributed by atoms with Gasteiger partial charge in [-0.3, -0.25) is 0 Å². The number of nitrogens with zero attached hydrogens (tertiary/aromatic N) is 5. The molecule has 0 saturated carbocycles. The van der Waals surface area contributed by atoms with Gasteiger partial charge in [0.1, 0.15) is 11.2 Å². The van der Waals surface area contributed by atoms with E-state index in [1.54, 1.807) is 0 Å². The van der Waals surface area contributed by atoms with Gasteiger partial charge in [-0.1, -0.05) is 176 Å². The van der Waals surface area contributed by atoms with Crippen LogP contribution in [0, 0.1) is 0 Å². The third-order valence-corrected chi connectivity index (χ3v) is 13.6. The molecule has 322 valence electrons. The van der Waals surface area contributed by atoms with Gasteiger partial charge in [0, 0.05) is 54.7 Å². The van der Waals surface area contributed by atoms with E-state index in [0.717, 1.165) is 83.1 Å². The Morgan fingerprint density at radius 1 is 0.290 bits per heavy atom. The number of fused-ring (bicyclic) bond motifs is 9. The lowest BCUT2D eigenvalue weighted by Crippen LogP contribution is -2.04. The van der Waals surface area contributed by atoms with Gasteiger partial charge in [-0.05, 0) is 82.9 Å². The summed E-state index contributed by atoms with van der Waals surface area (Å²) >= 11 is 0. The van der Waals surface area contributed by atoms with E-state index in [-0.39, 0.29) is 0 Å². The predicted octanol–water partition coefficient (Wildman–Crippen LogP) is 16.3. The molecule has 0 spiro atoms. The molecule has 0 radical (unpaired) electrons. The molecule has 0 aliphatic carbocycles. The summed E-state index contributed by atoms with van der Waals surface area (Å²) in [7, 11) is 0. The van der Waals surface area contributed by atoms with Crippen LogP contribution in [0.2, 0.25) is 0 Å². The zero-order valence-corrected chi connectivity index (χ0v) is 37.2. The van der Waals surface area contributed by atoms with Crippen molar-refractivity contribution in [1.29, 1.82) is 0 Å². The summed E-state index contributed by atoms with van der Waals surface area (Å²) in [5, 5.41) is 6.75. The molecule has 4 heterocycles. The second-order valence-electron chi connectivity index (χ2n) is 17.5. The van der Waals surface area contributed by atoms with Gasteiger partial charge >= 0.3 is 0 Å². The molecule has 69 heavy (non-hydrogen) atoms. The molecule has 6 heteroatoms. The molecule has 14 aromatic rings. The first kappa shape index (κ1) is 38.8. The SMILES string of the molecule is c1ccc(-c2ccc(-c3nc(-c4ccccc4)nc(-c4cccc5oc6ccccc6c45)n3)c(-n3c4ccccc4c4c(-c5cccc6c5c5ccccc5n6-c5ccccc5)cccc43)c2)cc1. The number of benzene rings is 10. The number of hydrogen-bond acceptors (Lipinski definition) is 4. The van der Waals surface area contributed by atoms with E-state index in [1.165, 1.54) is 32.8 Å². The van der Waals surface area contributed by atoms with Crippen molar-refractivity contribution in [2.45, 2.75) is 0 Å². The third-order valence-electron chi connectivity index (χ3n) is 13.6. The quantitative estimate of drug-likeness (QED) is 0.160. The monoisotopic (exact) mass is 881 g/mol. The highest BCUT2D eigenvalue weighted by Gasteiger charge is 2.24. The standard InChI is InChI=1S/C63H39N5O/c1-4-19-40(20-5-1)42-37-38-48(62-64-61(41-21-6-2-7-22-41)65-63(66-62)50-30-18-36-57-60(50)49-27-12-15-35-56(49)69-57)55(39-42)68-52-32-14-11-26-47(52)59-45(29-17-34-54(59)68)44-28-16-33-53-58(44)46-25-10-13-31-51(46)67(53)43-23-8-3-9-24-43/h1-39H. The molecule has 0 fully saturated rings. The lowest BCUT2D eigenvalue weighted by Gasteiger charge is -2.17. The predicted molar refractivity (Wildman–Crippen MR) is 283 cm³/mol. The molecular formula is C63H39N5O. The number of aromatic nitrogens is 5. The number of furan rings is 1. The minimum absolute atomic E-state index is 0.568. The molecule has 0 bridgehead atoms. The number of hydrogen-bond donors (Lipinski definition) is 0. The first-order valence-corrected chi connectivity index (χ1v) is 23.3. The van der Waals surface area contributed by atoms with Crippen LogP contribution in [0.5, 0.6) is 0 Å². The molecule has 0 atom stereocenters. The van der Waals surface area contributed by atoms with Gasteiger partial charge in [0.2, 0.25) is 0 Å². The zero-order chi connectivity index (χ0) is 45.4. The van der Waals surface area contributed by atoms with Crippen molar-refractivity contribution in [2.75, 3.05) is 0 Å². The highest BCUT2D eigenvalue weighted by molar-refractivity contribution is 6.22. The highest BCUT2D eigenvalue weighted by Crippen LogP contribution is 2.46. The largest absolute Gasteiger partial charge is 0.456 e. The summed E-state index contributed by atoms with van der Waals surface area (Å²) in [6.07, 6.45) is 0. The zero-order valence-electron chi connectivity index (χ0n) is 37.2. The maximum atomic E-state index is 6.38. The van der Waals surface area contributed by atoms with Crippen LogP contribution in [0.15, 0.2) is 241 Å². The summed E-state index contributed by atoms with van der Waals surface area (Å²) < 4.78 is 11.2. The van der Waals surface area contributed by atoms with E-state index in [4.69, 9.17) is 19.4 Å². The van der Waals surface area contributed by atoms with Gasteiger partial charge in [0.25, 0.3) is 0 Å².